The van der Waals surface area contributed by atoms with Crippen LogP contribution in [-0.2, 0) is 6.61 Å². The number of nitro groups is 1. The molecule has 100 valence electrons. The summed E-state index contributed by atoms with van der Waals surface area (Å²) in [6.45, 7) is 0.0532. The number of hydrogen-bond donors (Lipinski definition) is 0. The minimum atomic E-state index is -0.534. The van der Waals surface area contributed by atoms with Crippen LogP contribution in [0.4, 0.5) is 5.69 Å². The first-order chi connectivity index (χ1) is 9.61. The largest absolute Gasteiger partial charge is 0.487 e. The third-order valence-corrected chi connectivity index (χ3v) is 2.82. The number of halogens is 1. The lowest BCUT2D eigenvalue weighted by atomic mass is 10.2. The van der Waals surface area contributed by atoms with E-state index in [0.29, 0.717) is 5.56 Å². The highest BCUT2D eigenvalue weighted by atomic mass is 35.5. The molecule has 0 saturated heterocycles. The fourth-order valence-electron chi connectivity index (χ4n) is 1.53. The molecule has 1 aromatic heterocycles. The quantitative estimate of drug-likeness (QED) is 0.637. The highest BCUT2D eigenvalue weighted by Gasteiger charge is 2.11. The predicted octanol–water partition coefficient (Wildman–Crippen LogP) is 3.09. The number of benzene rings is 1. The van der Waals surface area contributed by atoms with Crippen molar-refractivity contribution in [2.45, 2.75) is 6.61 Å². The first-order valence-electron chi connectivity index (χ1n) is 5.52. The number of nitrogens with zero attached hydrogens (tertiary/aromatic N) is 3. The molecule has 0 aliphatic carbocycles. The monoisotopic (exact) mass is 289 g/mol. The van der Waals surface area contributed by atoms with Gasteiger partial charge in [-0.05, 0) is 12.1 Å². The Kier molecular flexibility index (Phi) is 4.13. The summed E-state index contributed by atoms with van der Waals surface area (Å²) in [4.78, 5) is 14.1. The minimum Gasteiger partial charge on any atom is -0.487 e. The second-order valence-corrected chi connectivity index (χ2v) is 4.19. The maximum Gasteiger partial charge on any atom is 0.273 e. The lowest BCUT2D eigenvalue weighted by Gasteiger charge is -2.08. The van der Waals surface area contributed by atoms with Gasteiger partial charge in [0.15, 0.2) is 0 Å². The smallest absolute Gasteiger partial charge is 0.273 e. The van der Waals surface area contributed by atoms with Crippen molar-refractivity contribution < 1.29 is 9.66 Å². The summed E-state index contributed by atoms with van der Waals surface area (Å²) < 4.78 is 5.43. The maximum atomic E-state index is 10.7. The molecule has 20 heavy (non-hydrogen) atoms. The van der Waals surface area contributed by atoms with Crippen LogP contribution in [0.3, 0.4) is 0 Å². The molecule has 0 radical (unpaired) electrons. The zero-order chi connectivity index (χ0) is 14.5. The number of nitriles is 1. The van der Waals surface area contributed by atoms with Gasteiger partial charge in [0.25, 0.3) is 5.69 Å². The normalized spacial score (nSPS) is 9.80. The van der Waals surface area contributed by atoms with E-state index in [1.807, 2.05) is 6.07 Å². The molecule has 0 atom stereocenters. The van der Waals surface area contributed by atoms with Crippen LogP contribution >= 0.6 is 11.6 Å². The zero-order valence-electron chi connectivity index (χ0n) is 10.1. The Labute approximate surface area is 119 Å². The van der Waals surface area contributed by atoms with Crippen LogP contribution in [0.2, 0.25) is 5.02 Å². The Balaban J connectivity index is 2.21. The summed E-state index contributed by atoms with van der Waals surface area (Å²) >= 11 is 5.91. The van der Waals surface area contributed by atoms with E-state index >= 15 is 0 Å². The van der Waals surface area contributed by atoms with Crippen LogP contribution in [0, 0.1) is 21.4 Å². The third-order valence-electron chi connectivity index (χ3n) is 2.51. The summed E-state index contributed by atoms with van der Waals surface area (Å²) in [7, 11) is 0. The van der Waals surface area contributed by atoms with Gasteiger partial charge in [-0.15, -0.1) is 0 Å². The summed E-state index contributed by atoms with van der Waals surface area (Å²) in [5.74, 6) is 0.189. The van der Waals surface area contributed by atoms with Crippen LogP contribution in [0.25, 0.3) is 0 Å². The van der Waals surface area contributed by atoms with Crippen LogP contribution in [0.1, 0.15) is 11.3 Å². The lowest BCUT2D eigenvalue weighted by molar-refractivity contribution is -0.384. The van der Waals surface area contributed by atoms with Gasteiger partial charge in [0, 0.05) is 17.8 Å². The molecular formula is C13H8ClN3O3. The summed E-state index contributed by atoms with van der Waals surface area (Å²) in [5.41, 5.74) is 0.711. The van der Waals surface area contributed by atoms with Gasteiger partial charge in [-0.1, -0.05) is 17.7 Å². The van der Waals surface area contributed by atoms with E-state index in [4.69, 9.17) is 21.6 Å². The van der Waals surface area contributed by atoms with Gasteiger partial charge in [0.05, 0.1) is 16.0 Å². The second kappa shape index (κ2) is 5.99. The third kappa shape index (κ3) is 3.02. The molecule has 6 nitrogen and oxygen atoms in total. The summed E-state index contributed by atoms with van der Waals surface area (Å²) in [6, 6.07) is 9.23. The van der Waals surface area contributed by atoms with Crippen LogP contribution in [0.15, 0.2) is 36.5 Å². The van der Waals surface area contributed by atoms with Crippen LogP contribution < -0.4 is 4.74 Å². The standard InChI is InChI=1S/C13H8ClN3O3/c14-11-4-3-10(17(18)19)6-13(11)20-8-9-2-1-5-16-12(9)7-15/h1-6H,8H2. The Bertz CT molecular complexity index is 698. The SMILES string of the molecule is N#Cc1ncccc1COc1cc([N+](=O)[O-])ccc1Cl. The average Bonchev–Trinajstić information content (AvgIpc) is 2.46. The van der Waals surface area contributed by atoms with Crippen molar-refractivity contribution in [1.82, 2.24) is 4.98 Å². The fraction of sp³-hybridized carbons (Fsp3) is 0.0769. The van der Waals surface area contributed by atoms with Gasteiger partial charge >= 0.3 is 0 Å². The van der Waals surface area contributed by atoms with Gasteiger partial charge in [0.1, 0.15) is 24.1 Å². The number of aromatic nitrogens is 1. The van der Waals surface area contributed by atoms with Gasteiger partial charge in [0.2, 0.25) is 0 Å². The molecular weight excluding hydrogens is 282 g/mol. The van der Waals surface area contributed by atoms with Crippen molar-refractivity contribution in [3.63, 3.8) is 0 Å². The molecule has 0 unspecified atom stereocenters. The Morgan fingerprint density at radius 2 is 2.25 bits per heavy atom. The first-order valence-corrected chi connectivity index (χ1v) is 5.90. The first kappa shape index (κ1) is 13.8. The van der Waals surface area contributed by atoms with E-state index in [1.165, 1.54) is 24.4 Å². The van der Waals surface area contributed by atoms with Crippen molar-refractivity contribution in [2.75, 3.05) is 0 Å². The number of non-ortho nitro benzene ring substituents is 1. The molecule has 2 aromatic rings. The molecule has 0 amide bonds. The summed E-state index contributed by atoms with van der Waals surface area (Å²) in [6.07, 6.45) is 1.50. The molecule has 1 heterocycles. The number of ether oxygens (including phenoxy) is 1. The summed E-state index contributed by atoms with van der Waals surface area (Å²) in [5, 5.41) is 19.9. The molecule has 0 N–H and O–H groups in total. The van der Waals surface area contributed by atoms with E-state index < -0.39 is 4.92 Å². The second-order valence-electron chi connectivity index (χ2n) is 3.78. The van der Waals surface area contributed by atoms with Gasteiger partial charge < -0.3 is 4.74 Å². The predicted molar refractivity (Wildman–Crippen MR) is 71.4 cm³/mol. The molecule has 0 fully saturated rings. The Morgan fingerprint density at radius 3 is 2.95 bits per heavy atom. The molecule has 1 aromatic carbocycles. The number of rotatable bonds is 4. The Morgan fingerprint density at radius 1 is 1.45 bits per heavy atom. The van der Waals surface area contributed by atoms with E-state index in [1.54, 1.807) is 12.1 Å². The van der Waals surface area contributed by atoms with Crippen LogP contribution in [0.5, 0.6) is 5.75 Å². The maximum absolute atomic E-state index is 10.7. The van der Waals surface area contributed by atoms with Crippen molar-refractivity contribution in [3.05, 3.63) is 62.9 Å². The molecule has 0 aliphatic rings. The highest BCUT2D eigenvalue weighted by molar-refractivity contribution is 6.32. The van der Waals surface area contributed by atoms with E-state index in [9.17, 15) is 10.1 Å². The van der Waals surface area contributed by atoms with Gasteiger partial charge in [-0.2, -0.15) is 5.26 Å². The number of pyridine rings is 1. The molecule has 7 heteroatoms. The molecule has 0 saturated carbocycles. The molecule has 0 bridgehead atoms. The van der Waals surface area contributed by atoms with Crippen LogP contribution in [-0.4, -0.2) is 9.91 Å². The number of hydrogen-bond acceptors (Lipinski definition) is 5. The molecule has 0 aliphatic heterocycles. The van der Waals surface area contributed by atoms with Crippen molar-refractivity contribution >= 4 is 17.3 Å². The van der Waals surface area contributed by atoms with E-state index in [2.05, 4.69) is 4.98 Å². The lowest BCUT2D eigenvalue weighted by Crippen LogP contribution is -2.00. The van der Waals surface area contributed by atoms with Crippen molar-refractivity contribution in [2.24, 2.45) is 0 Å². The molecule has 0 spiro atoms. The fourth-order valence-corrected chi connectivity index (χ4v) is 1.70. The highest BCUT2D eigenvalue weighted by Crippen LogP contribution is 2.29. The van der Waals surface area contributed by atoms with Gasteiger partial charge in [-0.3, -0.25) is 10.1 Å². The van der Waals surface area contributed by atoms with Crippen molar-refractivity contribution in [3.8, 4) is 11.8 Å². The number of nitro benzene ring substituents is 1. The minimum absolute atomic E-state index is 0.0532. The van der Waals surface area contributed by atoms with Crippen molar-refractivity contribution in [1.29, 1.82) is 5.26 Å². The van der Waals surface area contributed by atoms with E-state index in [-0.39, 0.29) is 28.8 Å². The van der Waals surface area contributed by atoms with E-state index in [0.717, 1.165) is 0 Å². The molecule has 2 rings (SSSR count). The average molecular weight is 290 g/mol. The zero-order valence-corrected chi connectivity index (χ0v) is 10.9. The van der Waals surface area contributed by atoms with Gasteiger partial charge in [-0.25, -0.2) is 4.98 Å². The topological polar surface area (TPSA) is 89.0 Å². The Hall–Kier alpha value is -2.65.